The van der Waals surface area contributed by atoms with Gasteiger partial charge in [0.15, 0.2) is 0 Å². The van der Waals surface area contributed by atoms with Crippen molar-refractivity contribution < 1.29 is 9.53 Å². The highest BCUT2D eigenvalue weighted by Crippen LogP contribution is 2.16. The molecule has 6 heteroatoms. The van der Waals surface area contributed by atoms with Crippen molar-refractivity contribution in [2.45, 2.75) is 12.5 Å². The summed E-state index contributed by atoms with van der Waals surface area (Å²) >= 11 is 5.80. The molecule has 0 aliphatic heterocycles. The lowest BCUT2D eigenvalue weighted by Crippen LogP contribution is -2.05. The molecule has 1 N–H and O–H groups in total. The fraction of sp³-hybridized carbons (Fsp3) is 0.125. The Kier molecular flexibility index (Phi) is 5.41. The minimum absolute atomic E-state index is 0. The lowest BCUT2D eigenvalue weighted by molar-refractivity contribution is 0.0463. The van der Waals surface area contributed by atoms with Crippen LogP contribution in [-0.4, -0.2) is 15.9 Å². The van der Waals surface area contributed by atoms with E-state index in [1.165, 1.54) is 0 Å². The van der Waals surface area contributed by atoms with Crippen LogP contribution in [0.15, 0.2) is 48.5 Å². The number of halogens is 2. The van der Waals surface area contributed by atoms with Crippen molar-refractivity contribution in [2.24, 2.45) is 0 Å². The number of nitrogens with zero attached hydrogens (tertiary/aromatic N) is 1. The van der Waals surface area contributed by atoms with E-state index in [1.54, 1.807) is 24.3 Å². The highest BCUT2D eigenvalue weighted by atomic mass is 35.5. The molecule has 0 amide bonds. The van der Waals surface area contributed by atoms with E-state index in [4.69, 9.17) is 16.3 Å². The van der Waals surface area contributed by atoms with E-state index in [0.717, 1.165) is 16.6 Å². The van der Waals surface area contributed by atoms with Crippen molar-refractivity contribution in [1.82, 2.24) is 9.97 Å². The van der Waals surface area contributed by atoms with Gasteiger partial charge < -0.3 is 9.72 Å². The molecule has 4 nitrogen and oxygen atoms in total. The van der Waals surface area contributed by atoms with Gasteiger partial charge in [-0.15, -0.1) is 24.0 Å². The average molecular weight is 337 g/mol. The monoisotopic (exact) mass is 336 g/mol. The predicted octanol–water partition coefficient (Wildman–Crippen LogP) is 4.08. The smallest absolute Gasteiger partial charge is 0.338 e. The predicted molar refractivity (Wildman–Crippen MR) is 88.5 cm³/mol. The molecule has 3 rings (SSSR count). The number of rotatable bonds is 4. The highest BCUT2D eigenvalue weighted by molar-refractivity contribution is 6.17. The van der Waals surface area contributed by atoms with Crippen LogP contribution in [0.5, 0.6) is 0 Å². The maximum absolute atomic E-state index is 11.9. The van der Waals surface area contributed by atoms with E-state index in [9.17, 15) is 4.79 Å². The second-order valence-electron chi connectivity index (χ2n) is 4.61. The molecule has 114 valence electrons. The summed E-state index contributed by atoms with van der Waals surface area (Å²) in [6.45, 7) is 0.110. The Morgan fingerprint density at radius 1 is 1.18 bits per heavy atom. The zero-order valence-electron chi connectivity index (χ0n) is 11.6. The number of fused-ring (bicyclic) bond motifs is 1. The number of hydrogen-bond acceptors (Lipinski definition) is 3. The zero-order valence-corrected chi connectivity index (χ0v) is 13.2. The maximum atomic E-state index is 11.9. The molecule has 2 aromatic carbocycles. The maximum Gasteiger partial charge on any atom is 0.338 e. The number of carbonyl (C=O) groups excluding carboxylic acids is 1. The van der Waals surface area contributed by atoms with Crippen molar-refractivity contribution in [3.8, 4) is 0 Å². The molecule has 3 aromatic rings. The minimum Gasteiger partial charge on any atom is -0.454 e. The van der Waals surface area contributed by atoms with Gasteiger partial charge in [-0.05, 0) is 29.8 Å². The van der Waals surface area contributed by atoms with Gasteiger partial charge in [-0.25, -0.2) is 9.78 Å². The molecule has 0 atom stereocenters. The highest BCUT2D eigenvalue weighted by Gasteiger charge is 2.09. The van der Waals surface area contributed by atoms with Crippen LogP contribution in [0.2, 0.25) is 0 Å². The Balaban J connectivity index is 0.00000176. The molecule has 0 spiro atoms. The van der Waals surface area contributed by atoms with Crippen molar-refractivity contribution in [3.05, 3.63) is 65.5 Å². The molecule has 0 bridgehead atoms. The number of esters is 1. The third kappa shape index (κ3) is 3.59. The first-order valence-electron chi connectivity index (χ1n) is 6.52. The molecular weight excluding hydrogens is 323 g/mol. The fourth-order valence-corrected chi connectivity index (χ4v) is 2.22. The number of carbonyl (C=O) groups is 1. The third-order valence-electron chi connectivity index (χ3n) is 3.10. The standard InChI is InChI=1S/C16H13ClN2O2.ClH/c17-9-11-6-7-13-14(8-11)19-15(18-13)10-21-16(20)12-4-2-1-3-5-12;/h1-8H,9-10H2,(H,18,19);1H. The van der Waals surface area contributed by atoms with Gasteiger partial charge in [0.25, 0.3) is 0 Å². The molecule has 0 saturated heterocycles. The van der Waals surface area contributed by atoms with Gasteiger partial charge in [-0.2, -0.15) is 0 Å². The summed E-state index contributed by atoms with van der Waals surface area (Å²) in [5.74, 6) is 0.700. The Bertz CT molecular complexity index is 772. The van der Waals surface area contributed by atoms with Crippen molar-refractivity contribution in [1.29, 1.82) is 0 Å². The lowest BCUT2D eigenvalue weighted by Gasteiger charge is -2.02. The van der Waals surface area contributed by atoms with Crippen LogP contribution in [0.1, 0.15) is 21.7 Å². The molecule has 0 aliphatic rings. The summed E-state index contributed by atoms with van der Waals surface area (Å²) in [6.07, 6.45) is 0. The fourth-order valence-electron chi connectivity index (χ4n) is 2.05. The molecule has 1 aromatic heterocycles. The molecule has 0 fully saturated rings. The molecule has 22 heavy (non-hydrogen) atoms. The number of hydrogen-bond donors (Lipinski definition) is 1. The van der Waals surface area contributed by atoms with Gasteiger partial charge in [0.2, 0.25) is 0 Å². The Labute approximate surface area is 138 Å². The normalized spacial score (nSPS) is 10.2. The summed E-state index contributed by atoms with van der Waals surface area (Å²) in [4.78, 5) is 19.4. The first-order valence-corrected chi connectivity index (χ1v) is 7.05. The molecule has 0 saturated carbocycles. The molecular formula is C16H14Cl2N2O2. The van der Waals surface area contributed by atoms with Crippen LogP contribution in [0, 0.1) is 0 Å². The van der Waals surface area contributed by atoms with E-state index in [-0.39, 0.29) is 25.0 Å². The topological polar surface area (TPSA) is 55.0 Å². The number of nitrogens with one attached hydrogen (secondary N) is 1. The van der Waals surface area contributed by atoms with Gasteiger partial charge in [-0.1, -0.05) is 24.3 Å². The quantitative estimate of drug-likeness (QED) is 0.576. The summed E-state index contributed by atoms with van der Waals surface area (Å²) in [5, 5.41) is 0. The number of ether oxygens (including phenoxy) is 1. The summed E-state index contributed by atoms with van der Waals surface area (Å²) in [7, 11) is 0. The summed E-state index contributed by atoms with van der Waals surface area (Å²) in [6, 6.07) is 14.6. The lowest BCUT2D eigenvalue weighted by atomic mass is 10.2. The SMILES string of the molecule is Cl.O=C(OCc1nc2ccc(CCl)cc2[nH]1)c1ccccc1. The number of benzene rings is 2. The van der Waals surface area contributed by atoms with E-state index >= 15 is 0 Å². The first kappa shape index (κ1) is 16.3. The number of imidazole rings is 1. The van der Waals surface area contributed by atoms with Crippen molar-refractivity contribution in [3.63, 3.8) is 0 Å². The van der Waals surface area contributed by atoms with Crippen LogP contribution >= 0.6 is 24.0 Å². The number of alkyl halides is 1. The number of aromatic amines is 1. The van der Waals surface area contributed by atoms with Gasteiger partial charge in [0.1, 0.15) is 12.4 Å². The number of H-pyrrole nitrogens is 1. The van der Waals surface area contributed by atoms with Gasteiger partial charge in [0.05, 0.1) is 16.6 Å². The van der Waals surface area contributed by atoms with E-state index in [2.05, 4.69) is 9.97 Å². The van der Waals surface area contributed by atoms with Crippen LogP contribution in [0.25, 0.3) is 11.0 Å². The second-order valence-corrected chi connectivity index (χ2v) is 4.88. The summed E-state index contributed by atoms with van der Waals surface area (Å²) in [5.41, 5.74) is 3.26. The number of aromatic nitrogens is 2. The van der Waals surface area contributed by atoms with Crippen molar-refractivity contribution >= 4 is 41.0 Å². The largest absolute Gasteiger partial charge is 0.454 e. The molecule has 0 unspecified atom stereocenters. The van der Waals surface area contributed by atoms with E-state index < -0.39 is 0 Å². The van der Waals surface area contributed by atoms with Crippen LogP contribution in [-0.2, 0) is 17.2 Å². The van der Waals surface area contributed by atoms with Crippen LogP contribution in [0.4, 0.5) is 0 Å². The Hall–Kier alpha value is -2.04. The van der Waals surface area contributed by atoms with E-state index in [1.807, 2.05) is 24.3 Å². The van der Waals surface area contributed by atoms with Gasteiger partial charge >= 0.3 is 5.97 Å². The molecule has 1 heterocycles. The van der Waals surface area contributed by atoms with E-state index in [0.29, 0.717) is 17.3 Å². The van der Waals surface area contributed by atoms with Gasteiger partial charge in [-0.3, -0.25) is 0 Å². The second kappa shape index (κ2) is 7.29. The molecule has 0 radical (unpaired) electrons. The first-order chi connectivity index (χ1) is 10.3. The molecule has 0 aliphatic carbocycles. The van der Waals surface area contributed by atoms with Gasteiger partial charge in [0, 0.05) is 5.88 Å². The minimum atomic E-state index is -0.363. The van der Waals surface area contributed by atoms with Crippen LogP contribution in [0.3, 0.4) is 0 Å². The van der Waals surface area contributed by atoms with Crippen LogP contribution < -0.4 is 0 Å². The van der Waals surface area contributed by atoms with Crippen molar-refractivity contribution in [2.75, 3.05) is 0 Å². The average Bonchev–Trinajstić information content (AvgIpc) is 2.95. The Morgan fingerprint density at radius 3 is 2.68 bits per heavy atom. The summed E-state index contributed by atoms with van der Waals surface area (Å²) < 4.78 is 5.24. The Morgan fingerprint density at radius 2 is 1.95 bits per heavy atom. The third-order valence-corrected chi connectivity index (χ3v) is 3.41. The zero-order chi connectivity index (χ0) is 14.7.